The molecule has 0 radical (unpaired) electrons. The average molecular weight is 446 g/mol. The molecule has 2 heterocycles. The number of nitrogens with zero attached hydrogens (tertiary/aromatic N) is 2. The van der Waals surface area contributed by atoms with Crippen LogP contribution in [0.4, 0.5) is 0 Å². The molecule has 0 aliphatic rings. The lowest BCUT2D eigenvalue weighted by Gasteiger charge is -2.15. The number of aryl methyl sites for hydroxylation is 2. The highest BCUT2D eigenvalue weighted by atomic mass is 16.5. The van der Waals surface area contributed by atoms with E-state index in [1.807, 2.05) is 18.2 Å². The molecule has 6 heteroatoms. The summed E-state index contributed by atoms with van der Waals surface area (Å²) in [6.45, 7) is 8.37. The number of fused-ring (bicyclic) bond motifs is 1. The van der Waals surface area contributed by atoms with Gasteiger partial charge in [0.25, 0.3) is 5.91 Å². The summed E-state index contributed by atoms with van der Waals surface area (Å²) in [5.41, 5.74) is 4.50. The van der Waals surface area contributed by atoms with Crippen LogP contribution in [0.5, 0.6) is 5.75 Å². The van der Waals surface area contributed by atoms with Crippen LogP contribution in [0.2, 0.25) is 0 Å². The fraction of sp³-hybridized carbons (Fsp3) is 0.333. The fourth-order valence-corrected chi connectivity index (χ4v) is 4.00. The Hall–Kier alpha value is -3.54. The Bertz CT molecular complexity index is 1210. The molecule has 0 atom stereocenters. The highest BCUT2D eigenvalue weighted by Crippen LogP contribution is 2.27. The van der Waals surface area contributed by atoms with Gasteiger partial charge in [0.05, 0.1) is 23.9 Å². The summed E-state index contributed by atoms with van der Waals surface area (Å²) in [5, 5.41) is 2.91. The van der Waals surface area contributed by atoms with Crippen molar-refractivity contribution in [3.8, 4) is 5.75 Å². The maximum Gasteiger partial charge on any atom is 0.286 e. The third-order valence-electron chi connectivity index (χ3n) is 5.69. The first-order chi connectivity index (χ1) is 16.0. The molecule has 1 amide bonds. The molecule has 33 heavy (non-hydrogen) atoms. The Morgan fingerprint density at radius 2 is 2.00 bits per heavy atom. The molecule has 0 spiro atoms. The lowest BCUT2D eigenvalue weighted by atomic mass is 10.0. The molecule has 0 aliphatic heterocycles. The molecule has 1 N–H and O–H groups in total. The van der Waals surface area contributed by atoms with Gasteiger partial charge in [0.2, 0.25) is 0 Å². The number of imidazole rings is 1. The highest BCUT2D eigenvalue weighted by molar-refractivity contribution is 5.91. The van der Waals surface area contributed by atoms with E-state index in [2.05, 4.69) is 54.9 Å². The average Bonchev–Trinajstić information content (AvgIpc) is 3.45. The van der Waals surface area contributed by atoms with Crippen LogP contribution in [0, 0.1) is 6.92 Å². The minimum absolute atomic E-state index is 0.213. The Morgan fingerprint density at radius 1 is 1.15 bits per heavy atom. The van der Waals surface area contributed by atoms with Gasteiger partial charge < -0.3 is 19.0 Å². The quantitative estimate of drug-likeness (QED) is 0.327. The largest absolute Gasteiger partial charge is 0.493 e. The number of carbonyl (C=O) groups excluding carboxylic acids is 1. The maximum absolute atomic E-state index is 12.1. The summed E-state index contributed by atoms with van der Waals surface area (Å²) >= 11 is 0. The first-order valence-corrected chi connectivity index (χ1v) is 11.5. The number of rotatable bonds is 10. The molecule has 4 rings (SSSR count). The number of ether oxygens (including phenoxy) is 1. The number of aromatic nitrogens is 2. The van der Waals surface area contributed by atoms with Crippen molar-refractivity contribution in [3.63, 3.8) is 0 Å². The Labute approximate surface area is 194 Å². The summed E-state index contributed by atoms with van der Waals surface area (Å²) in [6, 6.07) is 17.9. The summed E-state index contributed by atoms with van der Waals surface area (Å²) in [5.74, 6) is 2.45. The molecule has 0 saturated heterocycles. The first-order valence-electron chi connectivity index (χ1n) is 11.5. The van der Waals surface area contributed by atoms with E-state index < -0.39 is 0 Å². The molecule has 2 aromatic carbocycles. The molecule has 6 nitrogen and oxygen atoms in total. The van der Waals surface area contributed by atoms with E-state index in [0.717, 1.165) is 35.6 Å². The van der Waals surface area contributed by atoms with Crippen LogP contribution in [0.25, 0.3) is 11.0 Å². The van der Waals surface area contributed by atoms with Crippen molar-refractivity contribution in [1.29, 1.82) is 0 Å². The van der Waals surface area contributed by atoms with E-state index in [4.69, 9.17) is 14.1 Å². The summed E-state index contributed by atoms with van der Waals surface area (Å²) < 4.78 is 13.6. The van der Waals surface area contributed by atoms with Gasteiger partial charge in [0.1, 0.15) is 11.6 Å². The zero-order valence-electron chi connectivity index (χ0n) is 19.5. The monoisotopic (exact) mass is 445 g/mol. The molecule has 0 unspecified atom stereocenters. The third kappa shape index (κ3) is 5.45. The molecule has 0 aliphatic carbocycles. The van der Waals surface area contributed by atoms with Gasteiger partial charge in [-0.2, -0.15) is 0 Å². The maximum atomic E-state index is 12.1. The Balaban J connectivity index is 1.40. The Morgan fingerprint density at radius 3 is 2.79 bits per heavy atom. The van der Waals surface area contributed by atoms with Crippen LogP contribution < -0.4 is 10.1 Å². The van der Waals surface area contributed by atoms with Crippen molar-refractivity contribution in [3.05, 3.63) is 83.6 Å². The minimum atomic E-state index is -0.213. The molecule has 172 valence electrons. The predicted molar refractivity (Wildman–Crippen MR) is 130 cm³/mol. The molecule has 4 aromatic rings. The van der Waals surface area contributed by atoms with Crippen LogP contribution >= 0.6 is 0 Å². The predicted octanol–water partition coefficient (Wildman–Crippen LogP) is 5.50. The van der Waals surface area contributed by atoms with Gasteiger partial charge in [-0.3, -0.25) is 4.79 Å². The van der Waals surface area contributed by atoms with Crippen LogP contribution in [-0.2, 0) is 13.0 Å². The lowest BCUT2D eigenvalue weighted by molar-refractivity contribution is 0.0926. The van der Waals surface area contributed by atoms with Crippen molar-refractivity contribution in [2.75, 3.05) is 13.2 Å². The normalized spacial score (nSPS) is 11.3. The number of nitrogens with one attached hydrogen (secondary N) is 1. The van der Waals surface area contributed by atoms with E-state index in [1.54, 1.807) is 12.1 Å². The van der Waals surface area contributed by atoms with Gasteiger partial charge in [0.15, 0.2) is 5.76 Å². The molecule has 0 saturated carbocycles. The van der Waals surface area contributed by atoms with Gasteiger partial charge >= 0.3 is 0 Å². The Kier molecular flexibility index (Phi) is 7.13. The van der Waals surface area contributed by atoms with Crippen LogP contribution in [-0.4, -0.2) is 28.6 Å². The van der Waals surface area contributed by atoms with Gasteiger partial charge in [-0.25, -0.2) is 4.98 Å². The van der Waals surface area contributed by atoms with Crippen molar-refractivity contribution in [2.45, 2.75) is 46.1 Å². The second-order valence-electron chi connectivity index (χ2n) is 8.55. The van der Waals surface area contributed by atoms with Crippen molar-refractivity contribution < 1.29 is 13.9 Å². The standard InChI is InChI=1S/C27H31N3O3/c1-19(2)21-12-11-20(3)18-25(21)33-17-7-15-30-23-9-5-4-8-22(23)29-26(30)13-14-28-27(31)24-10-6-16-32-24/h4-6,8-12,16,18-19H,7,13-15,17H2,1-3H3,(H,28,31). The number of hydrogen-bond donors (Lipinski definition) is 1. The van der Waals surface area contributed by atoms with Gasteiger partial charge in [-0.1, -0.05) is 38.1 Å². The number of furan rings is 1. The van der Waals surface area contributed by atoms with E-state index in [-0.39, 0.29) is 5.91 Å². The summed E-state index contributed by atoms with van der Waals surface area (Å²) in [6.07, 6.45) is 2.99. The SMILES string of the molecule is Cc1ccc(C(C)C)c(OCCCn2c(CCNC(=O)c3ccco3)nc3ccccc32)c1. The molecular weight excluding hydrogens is 414 g/mol. The van der Waals surface area contributed by atoms with Crippen LogP contribution in [0.3, 0.4) is 0 Å². The van der Waals surface area contributed by atoms with Crippen molar-refractivity contribution >= 4 is 16.9 Å². The topological polar surface area (TPSA) is 69.3 Å². The molecular formula is C27H31N3O3. The molecule has 0 bridgehead atoms. The summed E-state index contributed by atoms with van der Waals surface area (Å²) in [7, 11) is 0. The number of amides is 1. The number of hydrogen-bond acceptors (Lipinski definition) is 4. The zero-order valence-corrected chi connectivity index (χ0v) is 19.5. The third-order valence-corrected chi connectivity index (χ3v) is 5.69. The number of carbonyl (C=O) groups is 1. The second-order valence-corrected chi connectivity index (χ2v) is 8.55. The molecule has 2 aromatic heterocycles. The van der Waals surface area contributed by atoms with Crippen LogP contribution in [0.1, 0.15) is 53.7 Å². The molecule has 0 fully saturated rings. The van der Waals surface area contributed by atoms with E-state index in [0.29, 0.717) is 31.3 Å². The number of benzene rings is 2. The first kappa shape index (κ1) is 22.6. The van der Waals surface area contributed by atoms with E-state index in [1.165, 1.54) is 17.4 Å². The smallest absolute Gasteiger partial charge is 0.286 e. The lowest BCUT2D eigenvalue weighted by Crippen LogP contribution is -2.26. The highest BCUT2D eigenvalue weighted by Gasteiger charge is 2.13. The van der Waals surface area contributed by atoms with Gasteiger partial charge in [0, 0.05) is 19.5 Å². The van der Waals surface area contributed by atoms with Gasteiger partial charge in [-0.05, 0) is 60.7 Å². The van der Waals surface area contributed by atoms with E-state index >= 15 is 0 Å². The second kappa shape index (κ2) is 10.4. The van der Waals surface area contributed by atoms with Gasteiger partial charge in [-0.15, -0.1) is 0 Å². The van der Waals surface area contributed by atoms with Crippen LogP contribution in [0.15, 0.2) is 65.3 Å². The minimum Gasteiger partial charge on any atom is -0.493 e. The zero-order chi connectivity index (χ0) is 23.2. The van der Waals surface area contributed by atoms with Crippen molar-refractivity contribution in [1.82, 2.24) is 14.9 Å². The fourth-order valence-electron chi connectivity index (χ4n) is 4.00. The van der Waals surface area contributed by atoms with E-state index in [9.17, 15) is 4.79 Å². The number of para-hydroxylation sites is 2. The van der Waals surface area contributed by atoms with Crippen molar-refractivity contribution in [2.24, 2.45) is 0 Å². The summed E-state index contributed by atoms with van der Waals surface area (Å²) in [4.78, 5) is 17.0.